The average Bonchev–Trinajstić information content (AvgIpc) is 2.73. The van der Waals surface area contributed by atoms with Crippen LogP contribution < -0.4 is 10.1 Å². The molecule has 0 aromatic heterocycles. The second kappa shape index (κ2) is 8.36. The van der Waals surface area contributed by atoms with E-state index >= 15 is 0 Å². The first-order valence-electron chi connectivity index (χ1n) is 9.83. The summed E-state index contributed by atoms with van der Waals surface area (Å²) in [6, 6.07) is 18.5. The van der Waals surface area contributed by atoms with E-state index in [1.165, 1.54) is 30.4 Å². The van der Waals surface area contributed by atoms with E-state index in [9.17, 15) is 4.79 Å². The van der Waals surface area contributed by atoms with E-state index in [1.807, 2.05) is 37.3 Å². The van der Waals surface area contributed by atoms with Crippen LogP contribution in [-0.4, -0.2) is 12.5 Å². The van der Waals surface area contributed by atoms with Gasteiger partial charge in [-0.05, 0) is 82.1 Å². The van der Waals surface area contributed by atoms with Gasteiger partial charge in [0.2, 0.25) is 0 Å². The minimum absolute atomic E-state index is 0.00772. The molecule has 3 aromatic carbocycles. The Morgan fingerprint density at radius 3 is 2.71 bits per heavy atom. The molecule has 0 fully saturated rings. The molecular weight excluding hydrogens is 414 g/mol. The number of rotatable bonds is 5. The maximum Gasteiger partial charge on any atom is 0.258 e. The third kappa shape index (κ3) is 4.07. The van der Waals surface area contributed by atoms with Crippen molar-refractivity contribution in [1.29, 1.82) is 0 Å². The quantitative estimate of drug-likeness (QED) is 0.552. The Kier molecular flexibility index (Phi) is 5.67. The number of carbonyl (C=O) groups is 1. The third-order valence-electron chi connectivity index (χ3n) is 5.44. The number of fused-ring (bicyclic) bond motifs is 2. The molecule has 0 unspecified atom stereocenters. The molecule has 0 bridgehead atoms. The fourth-order valence-electron chi connectivity index (χ4n) is 3.86. The van der Waals surface area contributed by atoms with Crippen molar-refractivity contribution >= 4 is 32.6 Å². The van der Waals surface area contributed by atoms with Crippen molar-refractivity contribution in [2.75, 3.05) is 6.61 Å². The van der Waals surface area contributed by atoms with Gasteiger partial charge >= 0.3 is 0 Å². The summed E-state index contributed by atoms with van der Waals surface area (Å²) < 4.78 is 6.65. The van der Waals surface area contributed by atoms with Gasteiger partial charge in [-0.1, -0.05) is 48.5 Å². The van der Waals surface area contributed by atoms with Crippen molar-refractivity contribution in [3.05, 3.63) is 75.8 Å². The van der Waals surface area contributed by atoms with E-state index in [4.69, 9.17) is 4.74 Å². The fraction of sp³-hybridized carbons (Fsp3) is 0.292. The molecule has 0 spiro atoms. The van der Waals surface area contributed by atoms with E-state index in [0.29, 0.717) is 5.75 Å². The predicted molar refractivity (Wildman–Crippen MR) is 117 cm³/mol. The van der Waals surface area contributed by atoms with Crippen LogP contribution in [-0.2, 0) is 17.6 Å². The number of aryl methyl sites for hydroxylation is 2. The molecule has 0 saturated carbocycles. The number of carbonyl (C=O) groups excluding carboxylic acids is 1. The molecule has 0 saturated heterocycles. The highest BCUT2D eigenvalue weighted by Gasteiger charge is 2.15. The Morgan fingerprint density at radius 1 is 1.07 bits per heavy atom. The van der Waals surface area contributed by atoms with Gasteiger partial charge in [0.1, 0.15) is 5.75 Å². The van der Waals surface area contributed by atoms with Crippen LogP contribution in [0.3, 0.4) is 0 Å². The van der Waals surface area contributed by atoms with Crippen molar-refractivity contribution < 1.29 is 9.53 Å². The standard InChI is InChI=1S/C24H24BrNO2/c1-16(19-11-10-17-6-2-3-8-20(17)14-19)26-23(27)15-28-22-13-12-18-7-4-5-9-21(18)24(22)25/h4-5,7,9-14,16H,2-3,6,8,15H2,1H3,(H,26,27)/t16-/m1/s1. The summed E-state index contributed by atoms with van der Waals surface area (Å²) in [6.07, 6.45) is 4.85. The van der Waals surface area contributed by atoms with Crippen LogP contribution in [0.5, 0.6) is 5.75 Å². The molecule has 1 aliphatic carbocycles. The van der Waals surface area contributed by atoms with Crippen LogP contribution in [0.1, 0.15) is 42.5 Å². The Labute approximate surface area is 174 Å². The lowest BCUT2D eigenvalue weighted by molar-refractivity contribution is -0.123. The molecule has 4 rings (SSSR count). The van der Waals surface area contributed by atoms with Gasteiger partial charge in [0, 0.05) is 0 Å². The zero-order valence-electron chi connectivity index (χ0n) is 16.0. The van der Waals surface area contributed by atoms with Crippen molar-refractivity contribution in [3.8, 4) is 5.75 Å². The molecule has 1 amide bonds. The molecule has 3 nitrogen and oxygen atoms in total. The van der Waals surface area contributed by atoms with Crippen LogP contribution in [0, 0.1) is 0 Å². The highest BCUT2D eigenvalue weighted by molar-refractivity contribution is 9.10. The first-order chi connectivity index (χ1) is 13.6. The average molecular weight is 438 g/mol. The number of hydrogen-bond acceptors (Lipinski definition) is 2. The van der Waals surface area contributed by atoms with Gasteiger partial charge in [0.15, 0.2) is 6.61 Å². The molecule has 0 aliphatic heterocycles. The summed E-state index contributed by atoms with van der Waals surface area (Å²) in [5.41, 5.74) is 4.04. The summed E-state index contributed by atoms with van der Waals surface area (Å²) >= 11 is 3.60. The third-order valence-corrected chi connectivity index (χ3v) is 6.25. The second-order valence-electron chi connectivity index (χ2n) is 7.41. The second-order valence-corrected chi connectivity index (χ2v) is 8.20. The molecule has 1 N–H and O–H groups in total. The molecule has 4 heteroatoms. The Balaban J connectivity index is 1.39. The van der Waals surface area contributed by atoms with E-state index in [1.54, 1.807) is 0 Å². The highest BCUT2D eigenvalue weighted by Crippen LogP contribution is 2.33. The largest absolute Gasteiger partial charge is 0.483 e. The lowest BCUT2D eigenvalue weighted by Crippen LogP contribution is -2.31. The van der Waals surface area contributed by atoms with Crippen molar-refractivity contribution in [2.24, 2.45) is 0 Å². The zero-order valence-corrected chi connectivity index (χ0v) is 17.6. The molecule has 1 atom stereocenters. The molecular formula is C24H24BrNO2. The minimum atomic E-state index is -0.120. The summed E-state index contributed by atoms with van der Waals surface area (Å²) in [5.74, 6) is 0.556. The fourth-order valence-corrected chi connectivity index (χ4v) is 4.47. The summed E-state index contributed by atoms with van der Waals surface area (Å²) in [7, 11) is 0. The molecule has 28 heavy (non-hydrogen) atoms. The number of benzene rings is 3. The normalized spacial score (nSPS) is 14.4. The van der Waals surface area contributed by atoms with Gasteiger partial charge in [0.25, 0.3) is 5.91 Å². The molecule has 0 radical (unpaired) electrons. The van der Waals surface area contributed by atoms with Gasteiger partial charge in [-0.3, -0.25) is 4.79 Å². The monoisotopic (exact) mass is 437 g/mol. The smallest absolute Gasteiger partial charge is 0.258 e. The maximum atomic E-state index is 12.4. The van der Waals surface area contributed by atoms with Crippen LogP contribution in [0.15, 0.2) is 59.1 Å². The lowest BCUT2D eigenvalue weighted by Gasteiger charge is -2.20. The Hall–Kier alpha value is -2.33. The Morgan fingerprint density at radius 2 is 1.86 bits per heavy atom. The highest BCUT2D eigenvalue weighted by atomic mass is 79.9. The number of amides is 1. The van der Waals surface area contributed by atoms with Gasteiger partial charge in [0.05, 0.1) is 10.5 Å². The van der Waals surface area contributed by atoms with Gasteiger partial charge < -0.3 is 10.1 Å². The van der Waals surface area contributed by atoms with E-state index in [-0.39, 0.29) is 18.6 Å². The van der Waals surface area contributed by atoms with Gasteiger partial charge in [-0.15, -0.1) is 0 Å². The molecule has 0 heterocycles. The maximum absolute atomic E-state index is 12.4. The topological polar surface area (TPSA) is 38.3 Å². The number of halogens is 1. The minimum Gasteiger partial charge on any atom is -0.483 e. The lowest BCUT2D eigenvalue weighted by atomic mass is 9.89. The van der Waals surface area contributed by atoms with Gasteiger partial charge in [-0.2, -0.15) is 0 Å². The Bertz CT molecular complexity index is 1010. The summed E-state index contributed by atoms with van der Waals surface area (Å²) in [5, 5.41) is 5.25. The summed E-state index contributed by atoms with van der Waals surface area (Å²) in [4.78, 5) is 12.4. The van der Waals surface area contributed by atoms with E-state index in [2.05, 4.69) is 45.5 Å². The first kappa shape index (κ1) is 19.0. The zero-order chi connectivity index (χ0) is 19.5. The first-order valence-corrected chi connectivity index (χ1v) is 10.6. The van der Waals surface area contributed by atoms with Crippen LogP contribution in [0.4, 0.5) is 0 Å². The van der Waals surface area contributed by atoms with Gasteiger partial charge in [-0.25, -0.2) is 0 Å². The number of ether oxygens (including phenoxy) is 1. The van der Waals surface area contributed by atoms with Crippen LogP contribution in [0.25, 0.3) is 10.8 Å². The molecule has 3 aromatic rings. The van der Waals surface area contributed by atoms with E-state index < -0.39 is 0 Å². The van der Waals surface area contributed by atoms with E-state index in [0.717, 1.165) is 27.2 Å². The van der Waals surface area contributed by atoms with Crippen LogP contribution >= 0.6 is 15.9 Å². The van der Waals surface area contributed by atoms with Crippen molar-refractivity contribution in [3.63, 3.8) is 0 Å². The van der Waals surface area contributed by atoms with Crippen molar-refractivity contribution in [1.82, 2.24) is 5.32 Å². The number of nitrogens with one attached hydrogen (secondary N) is 1. The summed E-state index contributed by atoms with van der Waals surface area (Å²) in [6.45, 7) is 2.01. The number of hydrogen-bond donors (Lipinski definition) is 1. The SMILES string of the molecule is C[C@@H](NC(=O)COc1ccc2ccccc2c1Br)c1ccc2c(c1)CCCC2. The molecule has 1 aliphatic rings. The molecule has 144 valence electrons. The van der Waals surface area contributed by atoms with Crippen molar-refractivity contribution in [2.45, 2.75) is 38.6 Å². The van der Waals surface area contributed by atoms with Crippen LogP contribution in [0.2, 0.25) is 0 Å². The predicted octanol–water partition coefficient (Wildman–Crippen LogP) is 5.74.